The molecule has 2 N–H and O–H groups in total. The molecule has 0 aromatic heterocycles. The van der Waals surface area contributed by atoms with Crippen molar-refractivity contribution in [1.29, 1.82) is 0 Å². The van der Waals surface area contributed by atoms with E-state index in [4.69, 9.17) is 5.11 Å². The molecule has 0 aromatic carbocycles. The summed E-state index contributed by atoms with van der Waals surface area (Å²) in [6.07, 6.45) is -1.84. The average molecular weight is 256 g/mol. The van der Waals surface area contributed by atoms with Gasteiger partial charge in [-0.3, -0.25) is 9.59 Å². The Morgan fingerprint density at radius 2 is 1.40 bits per heavy atom. The Morgan fingerprint density at radius 1 is 1.07 bits per heavy atom. The fourth-order valence-electron chi connectivity index (χ4n) is 0.756. The number of hydrogen-bond donors (Lipinski definition) is 4. The van der Waals surface area contributed by atoms with Crippen LogP contribution in [0.5, 0.6) is 0 Å². The summed E-state index contributed by atoms with van der Waals surface area (Å²) in [6.45, 7) is 0. The van der Waals surface area contributed by atoms with Crippen LogP contribution in [-0.4, -0.2) is 33.7 Å². The van der Waals surface area contributed by atoms with Crippen molar-refractivity contribution in [2.45, 2.75) is 18.4 Å². The summed E-state index contributed by atoms with van der Waals surface area (Å²) in [7, 11) is 0. The van der Waals surface area contributed by atoms with Crippen LogP contribution in [0.2, 0.25) is 0 Å². The summed E-state index contributed by atoms with van der Waals surface area (Å²) in [6, 6.07) is 0. The number of carbonyl (C=O) groups excluding carboxylic acids is 2. The normalized spacial score (nSPS) is 10.6. The molecule has 0 rings (SSSR count). The van der Waals surface area contributed by atoms with Crippen LogP contribution in [0.4, 0.5) is 0 Å². The molecule has 0 aliphatic rings. The molecular weight excluding hydrogens is 248 g/mol. The Labute approximate surface area is 95.6 Å². The van der Waals surface area contributed by atoms with Gasteiger partial charge in [0, 0.05) is 25.8 Å². The van der Waals surface area contributed by atoms with E-state index in [0.29, 0.717) is 0 Å². The number of carboxylic acids is 1. The number of thiol groups is 2. The predicted molar refractivity (Wildman–Crippen MR) is 52.0 cm³/mol. The minimum Gasteiger partial charge on any atom is -0.479 e. The summed E-state index contributed by atoms with van der Waals surface area (Å²) >= 11 is 6.25. The number of aliphatic carboxylic acids is 1. The topological polar surface area (TPSA) is 110 Å². The van der Waals surface area contributed by atoms with Crippen molar-refractivity contribution < 1.29 is 33.0 Å². The Balaban J connectivity index is 4.67. The summed E-state index contributed by atoms with van der Waals surface area (Å²) in [5.41, 5.74) is -2.58. The zero-order valence-electron chi connectivity index (χ0n) is 7.24. The van der Waals surface area contributed by atoms with Crippen molar-refractivity contribution >= 4 is 43.7 Å². The highest BCUT2D eigenvalue weighted by Crippen LogP contribution is 2.18. The molecule has 0 aromatic rings. The maximum atomic E-state index is 10.7. The highest BCUT2D eigenvalue weighted by molar-refractivity contribution is 7.75. The number of aliphatic hydroxyl groups is 1. The molecule has 0 saturated heterocycles. The SMILES string of the molecule is O=C(CC(O)(CC(=O)OS)C(=O)O)OS. The first kappa shape index (κ1) is 14.1. The molecular formula is C6H8O7S2. The van der Waals surface area contributed by atoms with Crippen molar-refractivity contribution in [1.82, 2.24) is 0 Å². The van der Waals surface area contributed by atoms with Crippen LogP contribution in [0.1, 0.15) is 12.8 Å². The highest BCUT2D eigenvalue weighted by Gasteiger charge is 2.41. The number of carbonyl (C=O) groups is 3. The molecule has 0 aliphatic carbocycles. The van der Waals surface area contributed by atoms with E-state index in [1.807, 2.05) is 0 Å². The van der Waals surface area contributed by atoms with Crippen LogP contribution in [0.25, 0.3) is 0 Å². The van der Waals surface area contributed by atoms with E-state index in [-0.39, 0.29) is 0 Å². The summed E-state index contributed by atoms with van der Waals surface area (Å²) in [5, 5.41) is 18.0. The van der Waals surface area contributed by atoms with Gasteiger partial charge < -0.3 is 18.6 Å². The molecule has 0 atom stereocenters. The van der Waals surface area contributed by atoms with Crippen molar-refractivity contribution in [3.05, 3.63) is 0 Å². The fraction of sp³-hybridized carbons (Fsp3) is 0.500. The summed E-state index contributed by atoms with van der Waals surface area (Å²) in [4.78, 5) is 32.0. The van der Waals surface area contributed by atoms with Gasteiger partial charge >= 0.3 is 17.9 Å². The lowest BCUT2D eigenvalue weighted by Crippen LogP contribution is -2.42. The maximum Gasteiger partial charge on any atom is 0.336 e. The Morgan fingerprint density at radius 3 is 1.60 bits per heavy atom. The molecule has 0 unspecified atom stereocenters. The average Bonchev–Trinajstić information content (AvgIpc) is 2.16. The molecule has 0 bridgehead atoms. The smallest absolute Gasteiger partial charge is 0.336 e. The van der Waals surface area contributed by atoms with Gasteiger partial charge in [-0.1, -0.05) is 0 Å². The summed E-state index contributed by atoms with van der Waals surface area (Å²) < 4.78 is 7.74. The van der Waals surface area contributed by atoms with E-state index >= 15 is 0 Å². The maximum absolute atomic E-state index is 10.7. The third kappa shape index (κ3) is 4.40. The van der Waals surface area contributed by atoms with Gasteiger partial charge in [0.25, 0.3) is 0 Å². The third-order valence-electron chi connectivity index (χ3n) is 1.48. The van der Waals surface area contributed by atoms with E-state index < -0.39 is 36.4 Å². The van der Waals surface area contributed by atoms with Gasteiger partial charge in [-0.15, -0.1) is 0 Å². The number of rotatable bonds is 5. The summed E-state index contributed by atoms with van der Waals surface area (Å²) in [5.74, 6) is -3.93. The largest absolute Gasteiger partial charge is 0.479 e. The Kier molecular flexibility index (Phi) is 5.47. The Hall–Kier alpha value is -0.930. The molecule has 86 valence electrons. The first-order chi connectivity index (χ1) is 6.85. The van der Waals surface area contributed by atoms with E-state index in [0.717, 1.165) is 0 Å². The molecule has 0 radical (unpaired) electrons. The highest BCUT2D eigenvalue weighted by atomic mass is 32.1. The second-order valence-corrected chi connectivity index (χ2v) is 2.98. The van der Waals surface area contributed by atoms with Crippen LogP contribution in [0, 0.1) is 0 Å². The van der Waals surface area contributed by atoms with Crippen LogP contribution in [0.3, 0.4) is 0 Å². The molecule has 0 saturated carbocycles. The predicted octanol–water partition coefficient (Wildman–Crippen LogP) is -0.642. The van der Waals surface area contributed by atoms with Gasteiger partial charge in [-0.2, -0.15) is 0 Å². The van der Waals surface area contributed by atoms with E-state index in [9.17, 15) is 19.5 Å². The van der Waals surface area contributed by atoms with E-state index in [2.05, 4.69) is 34.2 Å². The number of carboxylic acid groups (broad SMARTS) is 1. The number of hydrogen-bond acceptors (Lipinski definition) is 8. The Bertz CT molecular complexity index is 259. The van der Waals surface area contributed by atoms with Gasteiger partial charge in [-0.05, 0) is 0 Å². The first-order valence-corrected chi connectivity index (χ1v) is 4.23. The van der Waals surface area contributed by atoms with Crippen LogP contribution < -0.4 is 0 Å². The second kappa shape index (κ2) is 5.83. The minimum absolute atomic E-state index is 0.922. The molecule has 7 nitrogen and oxygen atoms in total. The van der Waals surface area contributed by atoms with Gasteiger partial charge in [0.15, 0.2) is 5.60 Å². The lowest BCUT2D eigenvalue weighted by atomic mass is 9.96. The van der Waals surface area contributed by atoms with Gasteiger partial charge in [0.05, 0.1) is 12.8 Å². The standard InChI is InChI=1S/C6H8O7S2/c7-3(12-14)1-6(11,5(9)10)2-4(8)13-15/h11,14-15H,1-2H2,(H,9,10). The zero-order chi connectivity index (χ0) is 12.1. The van der Waals surface area contributed by atoms with Crippen molar-refractivity contribution in [3.63, 3.8) is 0 Å². The van der Waals surface area contributed by atoms with E-state index in [1.54, 1.807) is 0 Å². The lowest BCUT2D eigenvalue weighted by molar-refractivity contribution is -0.168. The molecule has 0 heterocycles. The second-order valence-electron chi connectivity index (χ2n) is 2.62. The molecule has 0 fully saturated rings. The molecule has 15 heavy (non-hydrogen) atoms. The monoisotopic (exact) mass is 256 g/mol. The van der Waals surface area contributed by atoms with Gasteiger partial charge in [-0.25, -0.2) is 4.79 Å². The molecule has 0 spiro atoms. The van der Waals surface area contributed by atoms with E-state index in [1.165, 1.54) is 0 Å². The van der Waals surface area contributed by atoms with Crippen molar-refractivity contribution in [2.24, 2.45) is 0 Å². The third-order valence-corrected chi connectivity index (χ3v) is 1.88. The minimum atomic E-state index is -2.58. The van der Waals surface area contributed by atoms with Crippen molar-refractivity contribution in [2.75, 3.05) is 0 Å². The first-order valence-electron chi connectivity index (χ1n) is 3.50. The molecule has 0 amide bonds. The van der Waals surface area contributed by atoms with Crippen LogP contribution in [-0.2, 0) is 22.7 Å². The lowest BCUT2D eigenvalue weighted by Gasteiger charge is -2.19. The van der Waals surface area contributed by atoms with Gasteiger partial charge in [0.1, 0.15) is 0 Å². The molecule has 9 heteroatoms. The quantitative estimate of drug-likeness (QED) is 0.382. The zero-order valence-corrected chi connectivity index (χ0v) is 9.03. The fourth-order valence-corrected chi connectivity index (χ4v) is 0.885. The van der Waals surface area contributed by atoms with Crippen molar-refractivity contribution in [3.8, 4) is 0 Å². The van der Waals surface area contributed by atoms with Crippen LogP contribution in [0.15, 0.2) is 0 Å². The molecule has 0 aliphatic heterocycles. The van der Waals surface area contributed by atoms with Crippen LogP contribution >= 0.6 is 25.8 Å². The van der Waals surface area contributed by atoms with Gasteiger partial charge in [0.2, 0.25) is 0 Å².